The van der Waals surface area contributed by atoms with Crippen molar-refractivity contribution < 1.29 is 4.39 Å². The second kappa shape index (κ2) is 3.33. The predicted octanol–water partition coefficient (Wildman–Crippen LogP) is 2.27. The summed E-state index contributed by atoms with van der Waals surface area (Å²) in [5.41, 5.74) is 0.606. The fraction of sp³-hybridized carbons (Fsp3) is 1.00. The first kappa shape index (κ1) is 8.49. The van der Waals surface area contributed by atoms with E-state index in [0.717, 1.165) is 0 Å². The number of hydrogen-bond donors (Lipinski definition) is 1. The highest BCUT2D eigenvalue weighted by Gasteiger charge is 2.47. The molecule has 1 spiro atoms. The Morgan fingerprint density at radius 2 is 2.00 bits per heavy atom. The van der Waals surface area contributed by atoms with Crippen molar-refractivity contribution in [3.63, 3.8) is 0 Å². The van der Waals surface area contributed by atoms with Crippen LogP contribution in [0.2, 0.25) is 0 Å². The molecule has 12 heavy (non-hydrogen) atoms. The summed E-state index contributed by atoms with van der Waals surface area (Å²) in [6.45, 7) is 0.346. The van der Waals surface area contributed by atoms with Gasteiger partial charge in [-0.15, -0.1) is 0 Å². The van der Waals surface area contributed by atoms with E-state index in [2.05, 4.69) is 5.32 Å². The molecule has 2 heteroatoms. The van der Waals surface area contributed by atoms with Gasteiger partial charge in [-0.05, 0) is 31.1 Å². The maximum Gasteiger partial charge on any atom is 0.102 e. The molecule has 1 unspecified atom stereocenters. The molecule has 0 aliphatic heterocycles. The largest absolute Gasteiger partial charge is 0.311 e. The number of hydrogen-bond acceptors (Lipinski definition) is 1. The van der Waals surface area contributed by atoms with Gasteiger partial charge >= 0.3 is 0 Å². The molecule has 2 rings (SSSR count). The van der Waals surface area contributed by atoms with Gasteiger partial charge in [-0.1, -0.05) is 12.8 Å². The summed E-state index contributed by atoms with van der Waals surface area (Å²) in [6.07, 6.45) is 8.23. The van der Waals surface area contributed by atoms with Crippen molar-refractivity contribution in [3.05, 3.63) is 0 Å². The monoisotopic (exact) mass is 171 g/mol. The fourth-order valence-electron chi connectivity index (χ4n) is 2.92. The minimum Gasteiger partial charge on any atom is -0.311 e. The van der Waals surface area contributed by atoms with Crippen molar-refractivity contribution in [2.75, 3.05) is 13.2 Å². The van der Waals surface area contributed by atoms with Crippen molar-refractivity contribution in [3.8, 4) is 0 Å². The van der Waals surface area contributed by atoms with Crippen LogP contribution in [0.3, 0.4) is 0 Å². The number of halogens is 1. The van der Waals surface area contributed by atoms with E-state index in [1.165, 1.54) is 38.5 Å². The zero-order valence-corrected chi connectivity index (χ0v) is 7.61. The molecular weight excluding hydrogens is 153 g/mol. The highest BCUT2D eigenvalue weighted by atomic mass is 19.1. The van der Waals surface area contributed by atoms with Gasteiger partial charge in [-0.2, -0.15) is 0 Å². The van der Waals surface area contributed by atoms with Crippen LogP contribution >= 0.6 is 0 Å². The fourth-order valence-corrected chi connectivity index (χ4v) is 2.92. The zero-order valence-electron chi connectivity index (χ0n) is 7.61. The third-order valence-corrected chi connectivity index (χ3v) is 3.75. The summed E-state index contributed by atoms with van der Waals surface area (Å²) >= 11 is 0. The topological polar surface area (TPSA) is 12.0 Å². The smallest absolute Gasteiger partial charge is 0.102 e. The van der Waals surface area contributed by atoms with Crippen LogP contribution in [0.4, 0.5) is 4.39 Å². The van der Waals surface area contributed by atoms with E-state index >= 15 is 0 Å². The Morgan fingerprint density at radius 1 is 1.25 bits per heavy atom. The quantitative estimate of drug-likeness (QED) is 0.687. The van der Waals surface area contributed by atoms with E-state index in [1.807, 2.05) is 0 Å². The van der Waals surface area contributed by atoms with Gasteiger partial charge in [-0.25, -0.2) is 4.39 Å². The van der Waals surface area contributed by atoms with Gasteiger partial charge in [0.1, 0.15) is 6.67 Å². The summed E-state index contributed by atoms with van der Waals surface area (Å²) in [6, 6.07) is 0.649. The van der Waals surface area contributed by atoms with Crippen LogP contribution < -0.4 is 5.32 Å². The minimum absolute atomic E-state index is 0.216. The maximum atomic E-state index is 11.9. The lowest BCUT2D eigenvalue weighted by Gasteiger charge is -2.48. The Morgan fingerprint density at radius 3 is 2.50 bits per heavy atom. The molecule has 0 amide bonds. The van der Waals surface area contributed by atoms with Crippen molar-refractivity contribution in [2.24, 2.45) is 5.41 Å². The molecule has 2 fully saturated rings. The second-order valence-electron chi connectivity index (χ2n) is 4.30. The molecule has 1 nitrogen and oxygen atoms in total. The summed E-state index contributed by atoms with van der Waals surface area (Å²) < 4.78 is 11.9. The third kappa shape index (κ3) is 1.26. The number of alkyl halides is 1. The Labute approximate surface area is 73.7 Å². The van der Waals surface area contributed by atoms with Crippen LogP contribution in [-0.2, 0) is 0 Å². The van der Waals surface area contributed by atoms with Crippen LogP contribution in [0, 0.1) is 5.41 Å². The molecule has 0 heterocycles. The van der Waals surface area contributed by atoms with Gasteiger partial charge in [0.25, 0.3) is 0 Å². The Kier molecular flexibility index (Phi) is 2.35. The second-order valence-corrected chi connectivity index (χ2v) is 4.30. The first-order valence-electron chi connectivity index (χ1n) is 5.17. The average Bonchev–Trinajstić information content (AvgIpc) is 2.53. The van der Waals surface area contributed by atoms with Crippen LogP contribution in [0.5, 0.6) is 0 Å². The van der Waals surface area contributed by atoms with Crippen molar-refractivity contribution in [1.82, 2.24) is 5.32 Å². The summed E-state index contributed by atoms with van der Waals surface area (Å²) in [7, 11) is 0. The first-order valence-corrected chi connectivity index (χ1v) is 5.17. The van der Waals surface area contributed by atoms with E-state index in [9.17, 15) is 4.39 Å². The molecule has 70 valence electrons. The average molecular weight is 171 g/mol. The highest BCUT2D eigenvalue weighted by Crippen LogP contribution is 2.53. The van der Waals surface area contributed by atoms with E-state index in [0.29, 0.717) is 18.0 Å². The Bertz CT molecular complexity index is 152. The Balaban J connectivity index is 1.83. The molecule has 2 aliphatic carbocycles. The first-order chi connectivity index (χ1) is 5.87. The lowest BCUT2D eigenvalue weighted by molar-refractivity contribution is 0.0720. The molecule has 0 aromatic carbocycles. The van der Waals surface area contributed by atoms with E-state index in [4.69, 9.17) is 0 Å². The van der Waals surface area contributed by atoms with Gasteiger partial charge in [0.15, 0.2) is 0 Å². The van der Waals surface area contributed by atoms with E-state index < -0.39 is 0 Å². The van der Waals surface area contributed by atoms with Crippen LogP contribution in [0.1, 0.15) is 38.5 Å². The van der Waals surface area contributed by atoms with Gasteiger partial charge in [-0.3, -0.25) is 0 Å². The molecule has 0 aromatic rings. The van der Waals surface area contributed by atoms with Gasteiger partial charge in [0, 0.05) is 12.6 Å². The highest BCUT2D eigenvalue weighted by molar-refractivity contribution is 5.02. The number of rotatable bonds is 3. The summed E-state index contributed by atoms with van der Waals surface area (Å²) in [5, 5.41) is 3.33. The van der Waals surface area contributed by atoms with E-state index in [-0.39, 0.29) is 6.67 Å². The molecule has 2 saturated carbocycles. The standard InChI is InChI=1S/C10H18FN/c11-7-8-12-9-3-6-10(9)4-1-2-5-10/h9,12H,1-8H2. The van der Waals surface area contributed by atoms with Crippen molar-refractivity contribution in [2.45, 2.75) is 44.6 Å². The SMILES string of the molecule is FCCNC1CCC12CCCC2. The molecule has 1 atom stereocenters. The molecule has 0 bridgehead atoms. The summed E-state index contributed by atoms with van der Waals surface area (Å²) in [4.78, 5) is 0. The van der Waals surface area contributed by atoms with Crippen LogP contribution in [0.25, 0.3) is 0 Å². The van der Waals surface area contributed by atoms with Crippen LogP contribution in [0.15, 0.2) is 0 Å². The molecule has 1 N–H and O–H groups in total. The maximum absolute atomic E-state index is 11.9. The molecule has 0 radical (unpaired) electrons. The lowest BCUT2D eigenvalue weighted by Crippen LogP contribution is -2.52. The lowest BCUT2D eigenvalue weighted by atomic mass is 9.63. The van der Waals surface area contributed by atoms with Gasteiger partial charge < -0.3 is 5.32 Å². The Hall–Kier alpha value is -0.110. The third-order valence-electron chi connectivity index (χ3n) is 3.75. The van der Waals surface area contributed by atoms with Gasteiger partial charge in [0.2, 0.25) is 0 Å². The van der Waals surface area contributed by atoms with Crippen molar-refractivity contribution in [1.29, 1.82) is 0 Å². The summed E-state index contributed by atoms with van der Waals surface area (Å²) in [5.74, 6) is 0. The van der Waals surface area contributed by atoms with Gasteiger partial charge in [0.05, 0.1) is 0 Å². The number of nitrogens with one attached hydrogen (secondary N) is 1. The normalized spacial score (nSPS) is 32.2. The molecular formula is C10H18FN. The van der Waals surface area contributed by atoms with Crippen molar-refractivity contribution >= 4 is 0 Å². The molecule has 0 aromatic heterocycles. The van der Waals surface area contributed by atoms with Crippen LogP contribution in [-0.4, -0.2) is 19.3 Å². The molecule has 0 saturated heterocycles. The van der Waals surface area contributed by atoms with E-state index in [1.54, 1.807) is 0 Å². The minimum atomic E-state index is -0.216. The predicted molar refractivity (Wildman–Crippen MR) is 47.9 cm³/mol. The zero-order chi connectivity index (χ0) is 8.44. The molecule has 2 aliphatic rings.